The monoisotopic (exact) mass is 408 g/mol. The van der Waals surface area contributed by atoms with Crippen LogP contribution in [0, 0.1) is 6.92 Å². The lowest BCUT2D eigenvalue weighted by atomic mass is 10.1. The van der Waals surface area contributed by atoms with E-state index in [0.717, 1.165) is 48.1 Å². The van der Waals surface area contributed by atoms with Crippen LogP contribution in [0.2, 0.25) is 0 Å². The molecule has 0 heterocycles. The van der Waals surface area contributed by atoms with Gasteiger partial charge in [-0.3, -0.25) is 9.59 Å². The molecule has 160 valence electrons. The molecular formula is C25H32N2O3. The van der Waals surface area contributed by atoms with Gasteiger partial charge in [-0.1, -0.05) is 54.8 Å². The van der Waals surface area contributed by atoms with E-state index in [2.05, 4.69) is 5.32 Å². The van der Waals surface area contributed by atoms with E-state index < -0.39 is 6.04 Å². The number of hydrogen-bond donors (Lipinski definition) is 1. The zero-order chi connectivity index (χ0) is 21.5. The number of amides is 2. The highest BCUT2D eigenvalue weighted by Gasteiger charge is 2.28. The third-order valence-corrected chi connectivity index (χ3v) is 5.83. The number of carbonyl (C=O) groups excluding carboxylic acids is 2. The number of nitrogens with one attached hydrogen (secondary N) is 1. The molecule has 1 fully saturated rings. The maximum Gasteiger partial charge on any atom is 0.242 e. The van der Waals surface area contributed by atoms with Crippen LogP contribution in [-0.2, 0) is 22.6 Å². The highest BCUT2D eigenvalue weighted by molar-refractivity contribution is 5.88. The van der Waals surface area contributed by atoms with E-state index in [4.69, 9.17) is 4.74 Å². The maximum atomic E-state index is 13.3. The second-order valence-electron chi connectivity index (χ2n) is 8.20. The molecule has 1 atom stereocenters. The lowest BCUT2D eigenvalue weighted by Crippen LogP contribution is -2.50. The number of nitrogens with zero attached hydrogens (tertiary/aromatic N) is 1. The molecule has 0 saturated heterocycles. The summed E-state index contributed by atoms with van der Waals surface area (Å²) in [5.41, 5.74) is 3.04. The van der Waals surface area contributed by atoms with Crippen LogP contribution in [0.3, 0.4) is 0 Å². The van der Waals surface area contributed by atoms with Crippen molar-refractivity contribution in [2.45, 2.75) is 64.6 Å². The van der Waals surface area contributed by atoms with Crippen molar-refractivity contribution >= 4 is 11.8 Å². The van der Waals surface area contributed by atoms with Crippen LogP contribution in [0.5, 0.6) is 5.75 Å². The van der Waals surface area contributed by atoms with Crippen molar-refractivity contribution in [1.82, 2.24) is 10.2 Å². The van der Waals surface area contributed by atoms with Crippen molar-refractivity contribution in [3.63, 3.8) is 0 Å². The van der Waals surface area contributed by atoms with Crippen LogP contribution < -0.4 is 10.1 Å². The smallest absolute Gasteiger partial charge is 0.242 e. The molecule has 0 aromatic heterocycles. The van der Waals surface area contributed by atoms with Crippen molar-refractivity contribution in [1.29, 1.82) is 0 Å². The van der Waals surface area contributed by atoms with E-state index in [0.29, 0.717) is 6.54 Å². The molecule has 2 aromatic rings. The van der Waals surface area contributed by atoms with E-state index in [1.807, 2.05) is 62.4 Å². The number of methoxy groups -OCH3 is 1. The molecule has 1 saturated carbocycles. The van der Waals surface area contributed by atoms with Crippen molar-refractivity contribution < 1.29 is 14.3 Å². The largest absolute Gasteiger partial charge is 0.497 e. The standard InChI is InChI=1S/C25H32N2O3/c1-18-11-13-20(14-12-18)16-24(28)27(17-21-7-6-10-23(15-21)30-3)19(2)25(29)26-22-8-4-5-9-22/h6-7,10-15,19,22H,4-5,8-9,16-17H2,1-3H3,(H,26,29)/t19-/m0/s1. The minimum Gasteiger partial charge on any atom is -0.497 e. The summed E-state index contributed by atoms with van der Waals surface area (Å²) in [6, 6.07) is 15.3. The van der Waals surface area contributed by atoms with E-state index >= 15 is 0 Å². The number of hydrogen-bond acceptors (Lipinski definition) is 3. The quantitative estimate of drug-likeness (QED) is 0.718. The molecule has 3 rings (SSSR count). The number of ether oxygens (including phenoxy) is 1. The van der Waals surface area contributed by atoms with Crippen molar-refractivity contribution in [2.75, 3.05) is 7.11 Å². The highest BCUT2D eigenvalue weighted by Crippen LogP contribution is 2.20. The summed E-state index contributed by atoms with van der Waals surface area (Å²) in [4.78, 5) is 27.9. The van der Waals surface area contributed by atoms with Gasteiger partial charge in [-0.2, -0.15) is 0 Å². The first-order chi connectivity index (χ1) is 14.5. The average Bonchev–Trinajstić information content (AvgIpc) is 3.26. The lowest BCUT2D eigenvalue weighted by Gasteiger charge is -2.30. The van der Waals surface area contributed by atoms with Crippen LogP contribution in [0.25, 0.3) is 0 Å². The number of benzene rings is 2. The molecule has 1 aliphatic carbocycles. The first kappa shape index (κ1) is 21.9. The zero-order valence-corrected chi connectivity index (χ0v) is 18.2. The second-order valence-corrected chi connectivity index (χ2v) is 8.20. The summed E-state index contributed by atoms with van der Waals surface area (Å²) < 4.78 is 5.32. The summed E-state index contributed by atoms with van der Waals surface area (Å²) in [6.07, 6.45) is 4.61. The maximum absolute atomic E-state index is 13.3. The van der Waals surface area contributed by atoms with Gasteiger partial charge in [-0.25, -0.2) is 0 Å². The summed E-state index contributed by atoms with van der Waals surface area (Å²) in [5.74, 6) is 0.597. The zero-order valence-electron chi connectivity index (χ0n) is 18.2. The van der Waals surface area contributed by atoms with Crippen LogP contribution in [0.15, 0.2) is 48.5 Å². The van der Waals surface area contributed by atoms with E-state index in [1.54, 1.807) is 12.0 Å². The molecule has 0 aliphatic heterocycles. The van der Waals surface area contributed by atoms with Crippen molar-refractivity contribution in [3.05, 3.63) is 65.2 Å². The van der Waals surface area contributed by atoms with Gasteiger partial charge in [0.25, 0.3) is 0 Å². The molecule has 0 radical (unpaired) electrons. The van der Waals surface area contributed by atoms with Gasteiger partial charge >= 0.3 is 0 Å². The Balaban J connectivity index is 1.77. The summed E-state index contributed by atoms with van der Waals surface area (Å²) in [5, 5.41) is 3.14. The van der Waals surface area contributed by atoms with E-state index in [9.17, 15) is 9.59 Å². The van der Waals surface area contributed by atoms with Gasteiger partial charge in [0, 0.05) is 12.6 Å². The van der Waals surface area contributed by atoms with Crippen LogP contribution in [0.1, 0.15) is 49.3 Å². The molecule has 1 N–H and O–H groups in total. The predicted molar refractivity (Wildman–Crippen MR) is 118 cm³/mol. The Morgan fingerprint density at radius 2 is 1.80 bits per heavy atom. The molecule has 1 aliphatic rings. The van der Waals surface area contributed by atoms with Crippen molar-refractivity contribution in [2.24, 2.45) is 0 Å². The number of carbonyl (C=O) groups is 2. The minimum atomic E-state index is -0.547. The Hall–Kier alpha value is -2.82. The first-order valence-corrected chi connectivity index (χ1v) is 10.7. The average molecular weight is 409 g/mol. The molecule has 5 heteroatoms. The van der Waals surface area contributed by atoms with Crippen molar-refractivity contribution in [3.8, 4) is 5.75 Å². The lowest BCUT2D eigenvalue weighted by molar-refractivity contribution is -0.140. The Labute approximate surface area is 179 Å². The van der Waals surface area contributed by atoms with E-state index in [-0.39, 0.29) is 24.3 Å². The Bertz CT molecular complexity index is 857. The van der Waals surface area contributed by atoms with Gasteiger partial charge in [0.1, 0.15) is 11.8 Å². The van der Waals surface area contributed by atoms with E-state index in [1.165, 1.54) is 0 Å². The Morgan fingerprint density at radius 3 is 2.47 bits per heavy atom. The SMILES string of the molecule is COc1cccc(CN(C(=O)Cc2ccc(C)cc2)[C@@H](C)C(=O)NC2CCCC2)c1. The summed E-state index contributed by atoms with van der Waals surface area (Å²) >= 11 is 0. The Kier molecular flexibility index (Phi) is 7.50. The third kappa shape index (κ3) is 5.85. The minimum absolute atomic E-state index is 0.0595. The van der Waals surface area contributed by atoms with Gasteiger partial charge in [-0.15, -0.1) is 0 Å². The predicted octanol–water partition coefficient (Wildman–Crippen LogP) is 4.02. The second kappa shape index (κ2) is 10.3. The molecule has 0 unspecified atom stereocenters. The van der Waals surface area contributed by atoms with Gasteiger partial charge in [0.2, 0.25) is 11.8 Å². The van der Waals surface area contributed by atoms with Crippen LogP contribution in [-0.4, -0.2) is 35.9 Å². The molecule has 0 bridgehead atoms. The summed E-state index contributed by atoms with van der Waals surface area (Å²) in [6.45, 7) is 4.20. The van der Waals surface area contributed by atoms with Crippen LogP contribution >= 0.6 is 0 Å². The van der Waals surface area contributed by atoms with Gasteiger partial charge in [-0.05, 0) is 49.9 Å². The van der Waals surface area contributed by atoms with Gasteiger partial charge < -0.3 is 15.0 Å². The number of aryl methyl sites for hydroxylation is 1. The fraction of sp³-hybridized carbons (Fsp3) is 0.440. The van der Waals surface area contributed by atoms with Crippen LogP contribution in [0.4, 0.5) is 0 Å². The first-order valence-electron chi connectivity index (χ1n) is 10.7. The fourth-order valence-corrected chi connectivity index (χ4v) is 3.92. The fourth-order valence-electron chi connectivity index (χ4n) is 3.92. The summed E-state index contributed by atoms with van der Waals surface area (Å²) in [7, 11) is 1.62. The number of rotatable bonds is 8. The molecule has 0 spiro atoms. The Morgan fingerprint density at radius 1 is 1.10 bits per heavy atom. The molecule has 5 nitrogen and oxygen atoms in total. The third-order valence-electron chi connectivity index (χ3n) is 5.83. The van der Waals surface area contributed by atoms with Gasteiger partial charge in [0.15, 0.2) is 0 Å². The topological polar surface area (TPSA) is 58.6 Å². The molecule has 2 aromatic carbocycles. The normalized spacial score (nSPS) is 14.9. The molecule has 30 heavy (non-hydrogen) atoms. The molecule has 2 amide bonds. The highest BCUT2D eigenvalue weighted by atomic mass is 16.5. The van der Waals surface area contributed by atoms with Gasteiger partial charge in [0.05, 0.1) is 13.5 Å². The molecular weight excluding hydrogens is 376 g/mol.